The predicted molar refractivity (Wildman–Crippen MR) is 71.6 cm³/mol. The standard InChI is InChI=1S/C16H24O3/c1-14(2)6-5-7-15(3)10-9(17)8-16(15,4)12(11(10)14)13(18)19/h10-12H,5-8H2,1-4H3,(H,18,19)/t10?,11-,12-,15+,16-/m1/s1. The van der Waals surface area contributed by atoms with E-state index >= 15 is 0 Å². The van der Waals surface area contributed by atoms with Gasteiger partial charge in [-0.25, -0.2) is 0 Å². The van der Waals surface area contributed by atoms with E-state index in [2.05, 4.69) is 27.7 Å². The molecule has 0 heterocycles. The molecule has 3 nitrogen and oxygen atoms in total. The van der Waals surface area contributed by atoms with Crippen LogP contribution in [0, 0.1) is 34.0 Å². The molecule has 3 heteroatoms. The van der Waals surface area contributed by atoms with E-state index in [1.165, 1.54) is 0 Å². The monoisotopic (exact) mass is 264 g/mol. The number of hydrogen-bond acceptors (Lipinski definition) is 2. The number of carbonyl (C=O) groups excluding carboxylic acids is 1. The zero-order valence-electron chi connectivity index (χ0n) is 12.3. The van der Waals surface area contributed by atoms with Crippen molar-refractivity contribution >= 4 is 11.8 Å². The molecule has 0 amide bonds. The molecule has 3 aliphatic carbocycles. The molecule has 3 aliphatic rings. The Morgan fingerprint density at radius 2 is 1.79 bits per heavy atom. The average molecular weight is 264 g/mol. The fourth-order valence-corrected chi connectivity index (χ4v) is 5.88. The fraction of sp³-hybridized carbons (Fsp3) is 0.875. The van der Waals surface area contributed by atoms with Crippen molar-refractivity contribution in [1.82, 2.24) is 0 Å². The summed E-state index contributed by atoms with van der Waals surface area (Å²) in [4.78, 5) is 24.4. The Kier molecular flexibility index (Phi) is 2.36. The van der Waals surface area contributed by atoms with Crippen molar-refractivity contribution in [2.24, 2.45) is 34.0 Å². The number of ketones is 1. The first-order chi connectivity index (χ1) is 8.65. The van der Waals surface area contributed by atoms with Crippen molar-refractivity contribution in [3.05, 3.63) is 0 Å². The van der Waals surface area contributed by atoms with Gasteiger partial charge in [-0.3, -0.25) is 9.59 Å². The van der Waals surface area contributed by atoms with Crippen LogP contribution in [-0.2, 0) is 9.59 Å². The third-order valence-corrected chi connectivity index (χ3v) is 6.97. The Morgan fingerprint density at radius 1 is 1.16 bits per heavy atom. The summed E-state index contributed by atoms with van der Waals surface area (Å²) in [6.45, 7) is 8.57. The first kappa shape index (κ1) is 13.1. The SMILES string of the molecule is CC1(C)CCC[C@@]2(C)C3C(=O)C[C@]2(C)[C@@H](C(=O)O)[C@@H]31. The summed E-state index contributed by atoms with van der Waals surface area (Å²) >= 11 is 0. The summed E-state index contributed by atoms with van der Waals surface area (Å²) in [6, 6.07) is 0. The maximum absolute atomic E-state index is 12.5. The highest BCUT2D eigenvalue weighted by molar-refractivity contribution is 5.91. The molecule has 3 saturated carbocycles. The maximum atomic E-state index is 12.5. The quantitative estimate of drug-likeness (QED) is 0.791. The van der Waals surface area contributed by atoms with Gasteiger partial charge in [0.1, 0.15) is 5.78 Å². The second-order valence-corrected chi connectivity index (χ2v) is 8.14. The Labute approximate surface area is 114 Å². The van der Waals surface area contributed by atoms with Crippen LogP contribution in [-0.4, -0.2) is 16.9 Å². The van der Waals surface area contributed by atoms with Crippen molar-refractivity contribution in [1.29, 1.82) is 0 Å². The van der Waals surface area contributed by atoms with E-state index in [0.717, 1.165) is 19.3 Å². The Morgan fingerprint density at radius 3 is 2.37 bits per heavy atom. The number of aliphatic carboxylic acids is 1. The largest absolute Gasteiger partial charge is 0.481 e. The molecule has 0 spiro atoms. The van der Waals surface area contributed by atoms with Crippen LogP contribution in [0.1, 0.15) is 53.4 Å². The fourth-order valence-electron chi connectivity index (χ4n) is 5.88. The molecule has 0 radical (unpaired) electrons. The summed E-state index contributed by atoms with van der Waals surface area (Å²) in [5.74, 6) is -0.735. The Hall–Kier alpha value is -0.860. The molecule has 0 aromatic rings. The van der Waals surface area contributed by atoms with Gasteiger partial charge in [-0.15, -0.1) is 0 Å². The second-order valence-electron chi connectivity index (χ2n) is 8.14. The maximum Gasteiger partial charge on any atom is 0.307 e. The zero-order valence-corrected chi connectivity index (χ0v) is 12.3. The highest BCUT2D eigenvalue weighted by Gasteiger charge is 2.75. The molecule has 3 fully saturated rings. The van der Waals surface area contributed by atoms with Crippen LogP contribution >= 0.6 is 0 Å². The molecular formula is C16H24O3. The topological polar surface area (TPSA) is 54.4 Å². The van der Waals surface area contributed by atoms with Crippen molar-refractivity contribution in [2.45, 2.75) is 53.4 Å². The van der Waals surface area contributed by atoms with Gasteiger partial charge in [-0.2, -0.15) is 0 Å². The smallest absolute Gasteiger partial charge is 0.307 e. The third-order valence-electron chi connectivity index (χ3n) is 6.97. The lowest BCUT2D eigenvalue weighted by molar-refractivity contribution is -0.154. The van der Waals surface area contributed by atoms with E-state index in [9.17, 15) is 14.7 Å². The summed E-state index contributed by atoms with van der Waals surface area (Å²) in [5.41, 5.74) is -0.492. The van der Waals surface area contributed by atoms with Gasteiger partial charge in [0.15, 0.2) is 0 Å². The minimum Gasteiger partial charge on any atom is -0.481 e. The number of carboxylic acids is 1. The summed E-state index contributed by atoms with van der Waals surface area (Å²) < 4.78 is 0. The molecule has 106 valence electrons. The molecule has 4 bridgehead atoms. The van der Waals surface area contributed by atoms with Crippen LogP contribution in [0.2, 0.25) is 0 Å². The first-order valence-electron chi connectivity index (χ1n) is 7.41. The lowest BCUT2D eigenvalue weighted by Crippen LogP contribution is -2.45. The molecule has 0 saturated heterocycles. The number of rotatable bonds is 1. The van der Waals surface area contributed by atoms with Crippen LogP contribution in [0.15, 0.2) is 0 Å². The minimum atomic E-state index is -0.691. The molecule has 1 unspecified atom stereocenters. The predicted octanol–water partition coefficient (Wildman–Crippen LogP) is 3.13. The zero-order chi connectivity index (χ0) is 14.2. The van der Waals surface area contributed by atoms with Crippen molar-refractivity contribution < 1.29 is 14.7 Å². The van der Waals surface area contributed by atoms with Crippen molar-refractivity contribution in [3.8, 4) is 0 Å². The summed E-state index contributed by atoms with van der Waals surface area (Å²) in [5, 5.41) is 9.76. The normalized spacial score (nSPS) is 51.2. The second kappa shape index (κ2) is 3.42. The summed E-state index contributed by atoms with van der Waals surface area (Å²) in [6.07, 6.45) is 3.63. The minimum absolute atomic E-state index is 0.0174. The molecule has 0 aliphatic heterocycles. The van der Waals surface area contributed by atoms with Crippen LogP contribution in [0.25, 0.3) is 0 Å². The van der Waals surface area contributed by atoms with Gasteiger partial charge in [0.25, 0.3) is 0 Å². The highest BCUT2D eigenvalue weighted by atomic mass is 16.4. The van der Waals surface area contributed by atoms with E-state index in [0.29, 0.717) is 12.2 Å². The lowest BCUT2D eigenvalue weighted by atomic mass is 9.58. The average Bonchev–Trinajstić information content (AvgIpc) is 2.50. The molecule has 0 aromatic carbocycles. The van der Waals surface area contributed by atoms with Crippen LogP contribution in [0.5, 0.6) is 0 Å². The van der Waals surface area contributed by atoms with Crippen molar-refractivity contribution in [3.63, 3.8) is 0 Å². The third kappa shape index (κ3) is 1.29. The van der Waals surface area contributed by atoms with Gasteiger partial charge in [-0.05, 0) is 35.0 Å². The molecule has 3 rings (SSSR count). The van der Waals surface area contributed by atoms with Crippen molar-refractivity contribution in [2.75, 3.05) is 0 Å². The van der Waals surface area contributed by atoms with Gasteiger partial charge in [0.2, 0.25) is 0 Å². The van der Waals surface area contributed by atoms with Gasteiger partial charge >= 0.3 is 5.97 Å². The van der Waals surface area contributed by atoms with Gasteiger partial charge in [0, 0.05) is 12.3 Å². The number of carboxylic acid groups (broad SMARTS) is 1. The number of hydrogen-bond donors (Lipinski definition) is 1. The summed E-state index contributed by atoms with van der Waals surface area (Å²) in [7, 11) is 0. The molecule has 5 atom stereocenters. The molecular weight excluding hydrogens is 240 g/mol. The van der Waals surface area contributed by atoms with Gasteiger partial charge in [-0.1, -0.05) is 34.1 Å². The lowest BCUT2D eigenvalue weighted by Gasteiger charge is -2.44. The molecule has 0 aromatic heterocycles. The molecule has 1 N–H and O–H groups in total. The van der Waals surface area contributed by atoms with Crippen LogP contribution < -0.4 is 0 Å². The van der Waals surface area contributed by atoms with E-state index in [1.807, 2.05) is 0 Å². The first-order valence-corrected chi connectivity index (χ1v) is 7.41. The van der Waals surface area contributed by atoms with Crippen LogP contribution in [0.4, 0.5) is 0 Å². The molecule has 19 heavy (non-hydrogen) atoms. The Bertz CT molecular complexity index is 465. The van der Waals surface area contributed by atoms with E-state index < -0.39 is 5.97 Å². The van der Waals surface area contributed by atoms with E-state index in [-0.39, 0.29) is 34.0 Å². The van der Waals surface area contributed by atoms with Gasteiger partial charge in [0.05, 0.1) is 5.92 Å². The van der Waals surface area contributed by atoms with Gasteiger partial charge < -0.3 is 5.11 Å². The number of Topliss-reactive ketones (excluding diaryl/α,β-unsaturated/α-hetero) is 1. The Balaban J connectivity index is 2.23. The van der Waals surface area contributed by atoms with E-state index in [4.69, 9.17) is 0 Å². The van der Waals surface area contributed by atoms with Crippen LogP contribution in [0.3, 0.4) is 0 Å². The van der Waals surface area contributed by atoms with E-state index in [1.54, 1.807) is 0 Å². The highest BCUT2D eigenvalue weighted by Crippen LogP contribution is 2.75. The number of carbonyl (C=O) groups is 2.